The number of hydrogen-bond acceptors (Lipinski definition) is 24. The number of carbonyl (C=O) groups is 5. The van der Waals surface area contributed by atoms with Gasteiger partial charge in [0.25, 0.3) is 0 Å². The molecule has 0 atom stereocenters. The fourth-order valence-corrected chi connectivity index (χ4v) is 22.9. The topological polar surface area (TPSA) is 541 Å². The van der Waals surface area contributed by atoms with Crippen LogP contribution in [0.4, 0.5) is 34.9 Å². The molecule has 1 aliphatic heterocycles. The van der Waals surface area contributed by atoms with Gasteiger partial charge in [0.05, 0.1) is 112 Å². The molecular formula is C100H97Br5N26O10. The first kappa shape index (κ1) is 96.0. The van der Waals surface area contributed by atoms with Crippen LogP contribution < -0.4 is 33.6 Å². The van der Waals surface area contributed by atoms with Crippen molar-refractivity contribution in [3.8, 4) is 55.6 Å². The van der Waals surface area contributed by atoms with Gasteiger partial charge in [-0.15, -0.1) is 0 Å². The number of pyridine rings is 3. The van der Waals surface area contributed by atoms with E-state index in [1.165, 1.54) is 0 Å². The molecule has 0 amide bonds. The number of rotatable bonds is 15. The van der Waals surface area contributed by atoms with E-state index < -0.39 is 29.8 Å². The van der Waals surface area contributed by atoms with Crippen LogP contribution in [0.3, 0.4) is 0 Å². The van der Waals surface area contributed by atoms with E-state index in [1.54, 1.807) is 78.3 Å². The number of anilines is 6. The molecule has 41 heteroatoms. The Kier molecular flexibility index (Phi) is 27.7. The van der Waals surface area contributed by atoms with Crippen molar-refractivity contribution in [1.82, 2.24) is 97.9 Å². The third-order valence-electron chi connectivity index (χ3n) is 28.0. The van der Waals surface area contributed by atoms with Crippen LogP contribution in [-0.4, -0.2) is 166 Å². The number of nitrogens with one attached hydrogen (secondary N) is 2. The second kappa shape index (κ2) is 40.7. The highest BCUT2D eigenvalue weighted by Crippen LogP contribution is 2.48. The monoisotopic (exact) mass is 2220 g/mol. The molecule has 141 heavy (non-hydrogen) atoms. The maximum absolute atomic E-state index is 11.3. The largest absolute Gasteiger partial charge is 0.481 e. The molecule has 15 aromatic heterocycles. The summed E-state index contributed by atoms with van der Waals surface area (Å²) >= 11 is 17.9. The summed E-state index contributed by atoms with van der Waals surface area (Å²) in [5.74, 6) is -0.952. The molecule has 4 saturated carbocycles. The van der Waals surface area contributed by atoms with Crippen LogP contribution in [0.5, 0.6) is 0 Å². The Morgan fingerprint density at radius 3 is 1.04 bits per heavy atom. The minimum atomic E-state index is -0.736. The Morgan fingerprint density at radius 2 is 0.681 bits per heavy atom. The first-order chi connectivity index (χ1) is 68.1. The van der Waals surface area contributed by atoms with Gasteiger partial charge in [0.15, 0.2) is 28.2 Å². The lowest BCUT2D eigenvalue weighted by atomic mass is 9.80. The van der Waals surface area contributed by atoms with E-state index >= 15 is 0 Å². The zero-order chi connectivity index (χ0) is 98.5. The molecule has 16 heterocycles. The van der Waals surface area contributed by atoms with Gasteiger partial charge in [0.2, 0.25) is 0 Å². The number of aliphatic carboxylic acids is 5. The number of piperidine rings is 1. The number of H-pyrrole nitrogens is 2. The molecule has 36 nitrogen and oxygen atoms in total. The number of nitrogens with two attached hydrogens (primary N) is 5. The number of fused-ring (bicyclic) bond motifs is 8. The average molecular weight is 2220 g/mol. The smallest absolute Gasteiger partial charge is 0.306 e. The Hall–Kier alpha value is -13.9. The normalized spacial score (nSPS) is 19.0. The average Bonchev–Trinajstić information content (AvgIpc) is 1.66. The van der Waals surface area contributed by atoms with Gasteiger partial charge in [-0.1, -0.05) is 30.3 Å². The van der Waals surface area contributed by atoms with E-state index in [-0.39, 0.29) is 53.3 Å². The summed E-state index contributed by atoms with van der Waals surface area (Å²) in [6, 6.07) is 32.3. The van der Waals surface area contributed by atoms with Crippen LogP contribution in [0.25, 0.3) is 117 Å². The maximum atomic E-state index is 11.3. The van der Waals surface area contributed by atoms with Gasteiger partial charge in [-0.05, 0) is 297 Å². The first-order valence-electron chi connectivity index (χ1n) is 46.4. The number of nitrogen functional groups attached to an aromatic ring is 5. The Morgan fingerprint density at radius 1 is 0.348 bits per heavy atom. The van der Waals surface area contributed by atoms with Crippen molar-refractivity contribution < 1.29 is 49.5 Å². The number of nitrogens with zero attached hydrogens (tertiary/aromatic N) is 19. The highest BCUT2D eigenvalue weighted by molar-refractivity contribution is 9.11. The van der Waals surface area contributed by atoms with Gasteiger partial charge in [0.1, 0.15) is 39.4 Å². The molecular weight excluding hydrogens is 2120 g/mol. The summed E-state index contributed by atoms with van der Waals surface area (Å²) in [6.07, 6.45) is 34.5. The van der Waals surface area contributed by atoms with E-state index in [0.717, 1.165) is 197 Å². The molecule has 0 radical (unpaired) electrons. The SMILES string of the molecule is Cc1cncc(-c2cnn3c(N)c(Br)c(C4CCC(C(=O)O)CC4)nc23)c1.Nc1c(Br)c(C2CCC(C(=O)O)CC2)nc2c(-c3cc[nH]c3)cnn12.Nc1c(Br)c(C2CCC(C(=O)O)CC2)nc2c(-c3ccc4[nH]ccc4c3)cnn12.Nc1c(Br)c(C2CCC(C(=O)O)CC2)nc2c(-c3ccc4ncccc4c3)cnn12.Nc1c(Br)c(N2CCC(C(=O)O)CC2)nc2c(-c3ccc4ncccc4c3)cnn12. The summed E-state index contributed by atoms with van der Waals surface area (Å²) in [5.41, 5.74) is 52.3. The summed E-state index contributed by atoms with van der Waals surface area (Å²) in [4.78, 5) is 102. The van der Waals surface area contributed by atoms with E-state index in [2.05, 4.69) is 153 Å². The van der Waals surface area contributed by atoms with Crippen molar-refractivity contribution in [3.05, 3.63) is 222 Å². The number of hydrogen-bond donors (Lipinski definition) is 12. The van der Waals surface area contributed by atoms with Gasteiger partial charge >= 0.3 is 29.8 Å². The van der Waals surface area contributed by atoms with Gasteiger partial charge in [-0.3, -0.25) is 38.9 Å². The molecule has 1 saturated heterocycles. The third-order valence-corrected chi connectivity index (χ3v) is 32.0. The van der Waals surface area contributed by atoms with Gasteiger partial charge in [-0.25, -0.2) is 24.9 Å². The number of aryl methyl sites for hydroxylation is 1. The van der Waals surface area contributed by atoms with Crippen LogP contribution >= 0.6 is 79.6 Å². The first-order valence-corrected chi connectivity index (χ1v) is 50.4. The molecule has 0 unspecified atom stereocenters. The van der Waals surface area contributed by atoms with Gasteiger partial charge in [0, 0.05) is 135 Å². The van der Waals surface area contributed by atoms with Crippen molar-refractivity contribution in [2.24, 2.45) is 29.6 Å². The van der Waals surface area contributed by atoms with Crippen molar-refractivity contribution in [2.45, 2.75) is 146 Å². The molecule has 722 valence electrons. The second-order valence-corrected chi connectivity index (χ2v) is 40.5. The molecule has 4 aliphatic carbocycles. The van der Waals surface area contributed by atoms with Crippen LogP contribution in [0.15, 0.2) is 194 Å². The number of benzene rings is 3. The van der Waals surface area contributed by atoms with Gasteiger partial charge < -0.3 is 69.1 Å². The molecule has 3 aromatic carbocycles. The highest BCUT2D eigenvalue weighted by Gasteiger charge is 2.37. The molecule has 23 rings (SSSR count). The summed E-state index contributed by atoms with van der Waals surface area (Å²) in [7, 11) is 0. The number of aromatic nitrogens is 20. The number of aromatic amines is 2. The fourth-order valence-electron chi connectivity index (χ4n) is 20.0. The predicted octanol–water partition coefficient (Wildman–Crippen LogP) is 20.0. The molecule has 0 spiro atoms. The number of carboxylic acid groups (broad SMARTS) is 5. The van der Waals surface area contributed by atoms with Crippen LogP contribution in [0.2, 0.25) is 0 Å². The van der Waals surface area contributed by atoms with Crippen LogP contribution in [0, 0.1) is 36.5 Å². The second-order valence-electron chi connectivity index (χ2n) is 36.5. The standard InChI is InChI=1S/C22H20BrN5O2.C21H19BrN6O2.C21H20BrN5O2.C19H20BrN5O2.C17H18BrN5O2/c23-18-19(12-3-5-13(6-4-12)22(29)30)27-21-16(11-26-28(21)20(18)24)14-7-8-17-15(10-14)2-1-9-25-17;22-17-18(23)28-19(26-20(17)27-8-5-12(6-9-27)21(29)30)15(11-25-28)13-3-4-16-14(10-13)2-1-7-24-16;22-17-18(11-1-3-12(4-2-11)21(28)29)26-20-15(10-25-27(20)19(17)23)13-5-6-16-14(9-13)7-8-24-16;1-10-6-13(8-22-7-10)14-9-23-25-17(21)15(20)16(24-18(14)25)11-2-4-12(5-3-11)19(26)27;18-13-14(9-1-3-10(4-2-9)17(24)25)22-16-12(11-5-6-20-7-11)8-21-23(16)15(13)19/h1-2,7-13H,3-6,24H2,(H,29,30);1-4,7,10-12H,5-6,8-9,23H2,(H,29,30);5-12,24H,1-4,23H2,(H,28,29);6-9,11-12H,2-5,21H2,1H3,(H,26,27);5-10,20H,1-4,19H2,(H,24,25). The van der Waals surface area contributed by atoms with E-state index in [0.29, 0.717) is 134 Å². The van der Waals surface area contributed by atoms with Crippen molar-refractivity contribution in [2.75, 3.05) is 46.7 Å². The molecule has 18 aromatic rings. The molecule has 17 N–H and O–H groups in total. The maximum Gasteiger partial charge on any atom is 0.306 e. The minimum Gasteiger partial charge on any atom is -0.481 e. The Bertz CT molecular complexity index is 7660. The summed E-state index contributed by atoms with van der Waals surface area (Å²) in [6.45, 7) is 3.22. The van der Waals surface area contributed by atoms with E-state index in [9.17, 15) is 49.5 Å². The quantitative estimate of drug-likeness (QED) is 0.0453. The van der Waals surface area contributed by atoms with Crippen LogP contribution in [0.1, 0.15) is 168 Å². The van der Waals surface area contributed by atoms with Crippen molar-refractivity contribution in [3.63, 3.8) is 0 Å². The van der Waals surface area contributed by atoms with E-state index in [4.69, 9.17) is 53.6 Å². The molecule has 0 bridgehead atoms. The van der Waals surface area contributed by atoms with Crippen molar-refractivity contribution >= 4 is 205 Å². The lowest BCUT2D eigenvalue weighted by Crippen LogP contribution is -2.37. The summed E-state index contributed by atoms with van der Waals surface area (Å²) < 4.78 is 11.9. The zero-order valence-electron chi connectivity index (χ0n) is 76.1. The molecule has 5 fully saturated rings. The Labute approximate surface area is 846 Å². The zero-order valence-corrected chi connectivity index (χ0v) is 84.0. The highest BCUT2D eigenvalue weighted by atomic mass is 79.9. The number of carboxylic acids is 5. The lowest BCUT2D eigenvalue weighted by Gasteiger charge is -2.31. The summed E-state index contributed by atoms with van der Waals surface area (Å²) in [5, 5.41) is 71.6. The third kappa shape index (κ3) is 19.3. The van der Waals surface area contributed by atoms with E-state index in [1.807, 2.05) is 104 Å². The van der Waals surface area contributed by atoms with Crippen molar-refractivity contribution in [1.29, 1.82) is 0 Å². The minimum absolute atomic E-state index is 0.172. The Balaban J connectivity index is 0.000000112. The van der Waals surface area contributed by atoms with Crippen LogP contribution in [-0.2, 0) is 24.0 Å². The fraction of sp³-hybridized carbons (Fsp3) is 0.300. The molecule has 5 aliphatic rings. The van der Waals surface area contributed by atoms with Gasteiger partial charge in [-0.2, -0.15) is 48.1 Å². The number of halogens is 5. The lowest BCUT2D eigenvalue weighted by molar-refractivity contribution is -0.143. The predicted molar refractivity (Wildman–Crippen MR) is 554 cm³/mol.